The molecule has 5 nitrogen and oxygen atoms in total. The van der Waals surface area contributed by atoms with E-state index in [4.69, 9.17) is 5.84 Å². The summed E-state index contributed by atoms with van der Waals surface area (Å²) in [5, 5.41) is 1.49. The van der Waals surface area contributed by atoms with E-state index in [2.05, 4.69) is 0 Å². The summed E-state index contributed by atoms with van der Waals surface area (Å²) >= 11 is 0. The van der Waals surface area contributed by atoms with Gasteiger partial charge < -0.3 is 0 Å². The maximum atomic E-state index is 11.6. The standard InChI is InChI=1S/C10H7N3O2/c11-13-9(14)8-5-6-3-1-2-4-7(6)12(8)10(13)15/h1-5H,11H2. The lowest BCUT2D eigenvalue weighted by Gasteiger charge is -2.04. The zero-order valence-electron chi connectivity index (χ0n) is 7.68. The number of carbonyl (C=O) groups is 2. The van der Waals surface area contributed by atoms with Crippen molar-refractivity contribution in [2.24, 2.45) is 5.84 Å². The SMILES string of the molecule is NN1C(=O)c2cc3ccccc3n2C1=O. The van der Waals surface area contributed by atoms with Crippen molar-refractivity contribution < 1.29 is 9.59 Å². The number of aromatic nitrogens is 1. The van der Waals surface area contributed by atoms with Gasteiger partial charge in [-0.05, 0) is 12.1 Å². The number of nitrogens with zero attached hydrogens (tertiary/aromatic N) is 2. The van der Waals surface area contributed by atoms with Gasteiger partial charge >= 0.3 is 6.03 Å². The van der Waals surface area contributed by atoms with Crippen LogP contribution in [0.5, 0.6) is 0 Å². The lowest BCUT2D eigenvalue weighted by molar-refractivity contribution is 0.0833. The molecule has 0 radical (unpaired) electrons. The number of hydrogen-bond acceptors (Lipinski definition) is 3. The Morgan fingerprint density at radius 3 is 2.67 bits per heavy atom. The minimum atomic E-state index is -0.504. The summed E-state index contributed by atoms with van der Waals surface area (Å²) in [4.78, 5) is 23.2. The zero-order valence-corrected chi connectivity index (χ0v) is 7.68. The molecule has 2 amide bonds. The largest absolute Gasteiger partial charge is 0.350 e. The molecule has 0 unspecified atom stereocenters. The van der Waals surface area contributed by atoms with E-state index >= 15 is 0 Å². The Kier molecular flexibility index (Phi) is 1.34. The number of imide groups is 1. The Bertz CT molecular complexity index is 600. The van der Waals surface area contributed by atoms with Gasteiger partial charge in [0.05, 0.1) is 5.52 Å². The van der Waals surface area contributed by atoms with Crippen LogP contribution < -0.4 is 5.84 Å². The number of fused-ring (bicyclic) bond motifs is 3. The Hall–Kier alpha value is -2.14. The summed E-state index contributed by atoms with van der Waals surface area (Å²) in [6.07, 6.45) is 0. The normalized spacial score (nSPS) is 15.1. The van der Waals surface area contributed by atoms with Crippen LogP contribution in [-0.4, -0.2) is 21.5 Å². The van der Waals surface area contributed by atoms with E-state index in [0.717, 1.165) is 5.39 Å². The molecule has 3 rings (SSSR count). The second-order valence-electron chi connectivity index (χ2n) is 3.38. The Balaban J connectivity index is 2.44. The van der Waals surface area contributed by atoms with Crippen molar-refractivity contribution in [1.82, 2.24) is 9.58 Å². The first-order valence-electron chi connectivity index (χ1n) is 4.44. The van der Waals surface area contributed by atoms with Crippen molar-refractivity contribution in [3.8, 4) is 0 Å². The molecule has 0 saturated carbocycles. The molecule has 0 saturated heterocycles. The molecule has 1 aromatic carbocycles. The highest BCUT2D eigenvalue weighted by molar-refractivity contribution is 6.15. The summed E-state index contributed by atoms with van der Waals surface area (Å²) < 4.78 is 1.33. The maximum absolute atomic E-state index is 11.6. The molecule has 1 aliphatic heterocycles. The van der Waals surface area contributed by atoms with Crippen LogP contribution in [0.3, 0.4) is 0 Å². The number of para-hydroxylation sites is 1. The molecule has 1 aliphatic rings. The van der Waals surface area contributed by atoms with Crippen LogP contribution in [0.25, 0.3) is 10.9 Å². The number of benzene rings is 1. The lowest BCUT2D eigenvalue weighted by atomic mass is 10.2. The van der Waals surface area contributed by atoms with Crippen LogP contribution in [0.1, 0.15) is 10.5 Å². The van der Waals surface area contributed by atoms with Crippen LogP contribution in [0, 0.1) is 0 Å². The Labute approximate surface area is 84.6 Å². The molecular weight excluding hydrogens is 194 g/mol. The van der Waals surface area contributed by atoms with Crippen molar-refractivity contribution in [2.75, 3.05) is 0 Å². The molecule has 0 aliphatic carbocycles. The Morgan fingerprint density at radius 2 is 1.87 bits per heavy atom. The maximum Gasteiger partial charge on any atom is 0.350 e. The summed E-state index contributed by atoms with van der Waals surface area (Å²) in [6, 6.07) is 8.46. The highest BCUT2D eigenvalue weighted by Gasteiger charge is 2.34. The zero-order chi connectivity index (χ0) is 10.6. The molecule has 2 N–H and O–H groups in total. The van der Waals surface area contributed by atoms with Crippen molar-refractivity contribution in [3.05, 3.63) is 36.0 Å². The Morgan fingerprint density at radius 1 is 1.13 bits per heavy atom. The molecule has 0 fully saturated rings. The van der Waals surface area contributed by atoms with E-state index in [0.29, 0.717) is 16.2 Å². The van der Waals surface area contributed by atoms with Gasteiger partial charge in [-0.15, -0.1) is 0 Å². The molecule has 15 heavy (non-hydrogen) atoms. The number of amides is 2. The van der Waals surface area contributed by atoms with Crippen molar-refractivity contribution in [2.45, 2.75) is 0 Å². The van der Waals surface area contributed by atoms with Gasteiger partial charge in [-0.1, -0.05) is 18.2 Å². The van der Waals surface area contributed by atoms with Crippen LogP contribution >= 0.6 is 0 Å². The minimum absolute atomic E-state index is 0.323. The number of hydrogen-bond donors (Lipinski definition) is 1. The molecule has 1 aromatic heterocycles. The number of hydrazine groups is 1. The molecule has 74 valence electrons. The minimum Gasteiger partial charge on any atom is -0.265 e. The van der Waals surface area contributed by atoms with Gasteiger partial charge in [0, 0.05) is 5.39 Å². The van der Waals surface area contributed by atoms with Crippen molar-refractivity contribution in [3.63, 3.8) is 0 Å². The number of nitrogens with two attached hydrogens (primary N) is 1. The van der Waals surface area contributed by atoms with Gasteiger partial charge in [-0.2, -0.15) is 5.01 Å². The summed E-state index contributed by atoms with van der Waals surface area (Å²) in [5.41, 5.74) is 1.03. The van der Waals surface area contributed by atoms with Crippen LogP contribution in [0.15, 0.2) is 30.3 Å². The number of carbonyl (C=O) groups excluding carboxylic acids is 2. The summed E-state index contributed by atoms with van der Waals surface area (Å²) in [5.74, 6) is 4.86. The van der Waals surface area contributed by atoms with Gasteiger partial charge in [-0.3, -0.25) is 9.36 Å². The second kappa shape index (κ2) is 2.46. The van der Waals surface area contributed by atoms with Gasteiger partial charge in [-0.25, -0.2) is 10.6 Å². The average Bonchev–Trinajstić information content (AvgIpc) is 2.72. The fourth-order valence-electron chi connectivity index (χ4n) is 1.84. The second-order valence-corrected chi connectivity index (χ2v) is 3.38. The third-order valence-electron chi connectivity index (χ3n) is 2.55. The van der Waals surface area contributed by atoms with Gasteiger partial charge in [0.1, 0.15) is 5.69 Å². The first-order valence-corrected chi connectivity index (χ1v) is 4.44. The van der Waals surface area contributed by atoms with Crippen LogP contribution in [0.4, 0.5) is 4.79 Å². The third kappa shape index (κ3) is 0.849. The van der Waals surface area contributed by atoms with E-state index in [9.17, 15) is 9.59 Å². The summed E-state index contributed by atoms with van der Waals surface area (Å²) in [6.45, 7) is 0. The van der Waals surface area contributed by atoms with Crippen molar-refractivity contribution in [1.29, 1.82) is 0 Å². The molecule has 5 heteroatoms. The predicted octanol–water partition coefficient (Wildman–Crippen LogP) is 0.939. The first-order chi connectivity index (χ1) is 7.20. The van der Waals surface area contributed by atoms with Gasteiger partial charge in [0.15, 0.2) is 0 Å². The number of rotatable bonds is 0. The molecule has 0 bridgehead atoms. The van der Waals surface area contributed by atoms with E-state index in [1.807, 2.05) is 18.2 Å². The summed E-state index contributed by atoms with van der Waals surface area (Å²) in [7, 11) is 0. The highest BCUT2D eigenvalue weighted by Crippen LogP contribution is 2.24. The van der Waals surface area contributed by atoms with Crippen molar-refractivity contribution >= 4 is 22.8 Å². The lowest BCUT2D eigenvalue weighted by Crippen LogP contribution is -2.37. The molecule has 2 aromatic rings. The van der Waals surface area contributed by atoms with E-state index in [1.54, 1.807) is 12.1 Å². The first kappa shape index (κ1) is 8.19. The van der Waals surface area contributed by atoms with E-state index < -0.39 is 11.9 Å². The van der Waals surface area contributed by atoms with Crippen LogP contribution in [0.2, 0.25) is 0 Å². The quantitative estimate of drug-likeness (QED) is 0.509. The van der Waals surface area contributed by atoms with Crippen LogP contribution in [-0.2, 0) is 0 Å². The fraction of sp³-hybridized carbons (Fsp3) is 0. The molecule has 2 heterocycles. The molecule has 0 atom stereocenters. The smallest absolute Gasteiger partial charge is 0.265 e. The van der Waals surface area contributed by atoms with E-state index in [-0.39, 0.29) is 0 Å². The molecular formula is C10H7N3O2. The van der Waals surface area contributed by atoms with E-state index in [1.165, 1.54) is 4.57 Å². The molecule has 0 spiro atoms. The van der Waals surface area contributed by atoms with Gasteiger partial charge in [0.2, 0.25) is 0 Å². The fourth-order valence-corrected chi connectivity index (χ4v) is 1.84. The average molecular weight is 201 g/mol. The predicted molar refractivity (Wildman–Crippen MR) is 53.1 cm³/mol. The monoisotopic (exact) mass is 201 g/mol. The third-order valence-corrected chi connectivity index (χ3v) is 2.55. The van der Waals surface area contributed by atoms with Gasteiger partial charge in [0.25, 0.3) is 5.91 Å². The topological polar surface area (TPSA) is 68.3 Å². The highest BCUT2D eigenvalue weighted by atomic mass is 16.2.